The fourth-order valence-electron chi connectivity index (χ4n) is 2.37. The Hall–Kier alpha value is -1.30. The van der Waals surface area contributed by atoms with Crippen LogP contribution in [0.4, 0.5) is 10.8 Å². The summed E-state index contributed by atoms with van der Waals surface area (Å²) < 4.78 is 4.05. The van der Waals surface area contributed by atoms with Gasteiger partial charge in [-0.2, -0.15) is 4.37 Å². The van der Waals surface area contributed by atoms with Gasteiger partial charge >= 0.3 is 0 Å². The standard InChI is InChI=1S/C12H20N4OS/c1-3-12(5-4-6-12)7-15-11-8(10(17)14-2)9(13)16-18-11/h15H,3-7H2,1-2H3,(H2,13,16)(H,14,17). The Balaban J connectivity index is 2.07. The summed E-state index contributed by atoms with van der Waals surface area (Å²) in [6.45, 7) is 3.12. The molecule has 0 radical (unpaired) electrons. The Morgan fingerprint density at radius 1 is 1.56 bits per heavy atom. The molecule has 6 heteroatoms. The molecular formula is C12H20N4OS. The molecular weight excluding hydrogens is 248 g/mol. The highest BCUT2D eigenvalue weighted by atomic mass is 32.1. The number of rotatable bonds is 5. The molecule has 0 saturated heterocycles. The average Bonchev–Trinajstić information content (AvgIpc) is 2.69. The fourth-order valence-corrected chi connectivity index (χ4v) is 3.07. The van der Waals surface area contributed by atoms with Crippen LogP contribution in [0, 0.1) is 5.41 Å². The number of carbonyl (C=O) groups excluding carboxylic acids is 1. The average molecular weight is 268 g/mol. The second-order valence-electron chi connectivity index (χ2n) is 4.91. The minimum absolute atomic E-state index is 0.178. The number of nitrogen functional groups attached to an aromatic ring is 1. The quantitative estimate of drug-likeness (QED) is 0.764. The third-order valence-electron chi connectivity index (χ3n) is 3.96. The van der Waals surface area contributed by atoms with Crippen molar-refractivity contribution in [3.63, 3.8) is 0 Å². The topological polar surface area (TPSA) is 80.0 Å². The normalized spacial score (nSPS) is 17.0. The lowest BCUT2D eigenvalue weighted by molar-refractivity contribution is 0.0964. The third-order valence-corrected chi connectivity index (χ3v) is 4.78. The molecule has 0 aromatic carbocycles. The lowest BCUT2D eigenvalue weighted by Gasteiger charge is -2.41. The van der Waals surface area contributed by atoms with Crippen LogP contribution >= 0.6 is 11.5 Å². The van der Waals surface area contributed by atoms with E-state index in [2.05, 4.69) is 21.9 Å². The van der Waals surface area contributed by atoms with Crippen LogP contribution in [0.1, 0.15) is 43.0 Å². The van der Waals surface area contributed by atoms with Gasteiger partial charge in [-0.3, -0.25) is 4.79 Å². The monoisotopic (exact) mass is 268 g/mol. The number of nitrogens with one attached hydrogen (secondary N) is 2. The molecule has 18 heavy (non-hydrogen) atoms. The SMILES string of the molecule is CCC1(CNc2snc(N)c2C(=O)NC)CCC1. The molecule has 0 atom stereocenters. The number of hydrogen-bond acceptors (Lipinski definition) is 5. The predicted octanol–water partition coefficient (Wildman–Crippen LogP) is 2.08. The van der Waals surface area contributed by atoms with E-state index in [1.165, 1.54) is 37.2 Å². The van der Waals surface area contributed by atoms with Crippen molar-refractivity contribution in [2.24, 2.45) is 5.41 Å². The molecule has 0 unspecified atom stereocenters. The second-order valence-corrected chi connectivity index (χ2v) is 5.69. The van der Waals surface area contributed by atoms with Crippen molar-refractivity contribution in [3.8, 4) is 0 Å². The number of amides is 1. The Labute approximate surface area is 111 Å². The lowest BCUT2D eigenvalue weighted by atomic mass is 9.67. The smallest absolute Gasteiger partial charge is 0.257 e. The van der Waals surface area contributed by atoms with Crippen LogP contribution in [-0.2, 0) is 0 Å². The van der Waals surface area contributed by atoms with Crippen molar-refractivity contribution in [2.75, 3.05) is 24.6 Å². The molecule has 1 heterocycles. The first-order valence-electron chi connectivity index (χ1n) is 6.33. The van der Waals surface area contributed by atoms with Crippen molar-refractivity contribution < 1.29 is 4.79 Å². The summed E-state index contributed by atoms with van der Waals surface area (Å²) in [5, 5.41) is 6.74. The molecule has 0 bridgehead atoms. The minimum atomic E-state index is -0.178. The van der Waals surface area contributed by atoms with Crippen LogP contribution in [-0.4, -0.2) is 23.9 Å². The first-order valence-corrected chi connectivity index (χ1v) is 7.10. The molecule has 1 aliphatic rings. The predicted molar refractivity (Wildman–Crippen MR) is 75.0 cm³/mol. The highest BCUT2D eigenvalue weighted by molar-refractivity contribution is 7.11. The Bertz CT molecular complexity index is 434. The molecule has 1 aromatic heterocycles. The molecule has 0 spiro atoms. The van der Waals surface area contributed by atoms with Crippen LogP contribution < -0.4 is 16.4 Å². The van der Waals surface area contributed by atoms with Gasteiger partial charge in [-0.25, -0.2) is 0 Å². The van der Waals surface area contributed by atoms with E-state index in [9.17, 15) is 4.79 Å². The van der Waals surface area contributed by atoms with Crippen LogP contribution in [0.3, 0.4) is 0 Å². The number of anilines is 2. The van der Waals surface area contributed by atoms with Gasteiger partial charge in [-0.15, -0.1) is 0 Å². The molecule has 0 aliphatic heterocycles. The summed E-state index contributed by atoms with van der Waals surface area (Å²) >= 11 is 1.26. The van der Waals surface area contributed by atoms with Gasteiger partial charge in [0.15, 0.2) is 5.82 Å². The maximum absolute atomic E-state index is 11.7. The first-order chi connectivity index (χ1) is 8.62. The molecule has 2 rings (SSSR count). The van der Waals surface area contributed by atoms with Crippen LogP contribution in [0.2, 0.25) is 0 Å². The molecule has 1 aromatic rings. The largest absolute Gasteiger partial charge is 0.382 e. The van der Waals surface area contributed by atoms with E-state index in [1.807, 2.05) is 0 Å². The zero-order valence-corrected chi connectivity index (χ0v) is 11.7. The summed E-state index contributed by atoms with van der Waals surface area (Å²) in [5.74, 6) is 0.129. The van der Waals surface area contributed by atoms with Crippen molar-refractivity contribution in [1.29, 1.82) is 0 Å². The van der Waals surface area contributed by atoms with E-state index in [-0.39, 0.29) is 5.91 Å². The van der Waals surface area contributed by atoms with E-state index in [0.29, 0.717) is 16.8 Å². The molecule has 1 fully saturated rings. The summed E-state index contributed by atoms with van der Waals surface area (Å²) in [5.41, 5.74) is 6.62. The molecule has 100 valence electrons. The van der Waals surface area contributed by atoms with Gasteiger partial charge in [-0.05, 0) is 36.2 Å². The first kappa shape index (κ1) is 13.1. The zero-order valence-electron chi connectivity index (χ0n) is 10.9. The Morgan fingerprint density at radius 3 is 2.78 bits per heavy atom. The van der Waals surface area contributed by atoms with Gasteiger partial charge in [0.2, 0.25) is 0 Å². The molecule has 5 nitrogen and oxygen atoms in total. The highest BCUT2D eigenvalue weighted by Crippen LogP contribution is 2.44. The van der Waals surface area contributed by atoms with E-state index in [0.717, 1.165) is 11.5 Å². The lowest BCUT2D eigenvalue weighted by Crippen LogP contribution is -2.36. The van der Waals surface area contributed by atoms with Gasteiger partial charge < -0.3 is 16.4 Å². The highest BCUT2D eigenvalue weighted by Gasteiger charge is 2.35. The fraction of sp³-hybridized carbons (Fsp3) is 0.667. The zero-order chi connectivity index (χ0) is 13.2. The van der Waals surface area contributed by atoms with Gasteiger partial charge in [0.1, 0.15) is 10.6 Å². The van der Waals surface area contributed by atoms with Gasteiger partial charge in [-0.1, -0.05) is 13.3 Å². The van der Waals surface area contributed by atoms with Crippen molar-refractivity contribution in [1.82, 2.24) is 9.69 Å². The summed E-state index contributed by atoms with van der Waals surface area (Å²) in [6.07, 6.45) is 5.01. The number of nitrogens with zero attached hydrogens (tertiary/aromatic N) is 1. The Morgan fingerprint density at radius 2 is 2.28 bits per heavy atom. The van der Waals surface area contributed by atoms with E-state index in [4.69, 9.17) is 5.73 Å². The summed E-state index contributed by atoms with van der Waals surface area (Å²) in [4.78, 5) is 11.7. The second kappa shape index (κ2) is 5.14. The van der Waals surface area contributed by atoms with Gasteiger partial charge in [0.05, 0.1) is 0 Å². The van der Waals surface area contributed by atoms with E-state index < -0.39 is 0 Å². The maximum atomic E-state index is 11.7. The van der Waals surface area contributed by atoms with Crippen LogP contribution in [0.15, 0.2) is 0 Å². The van der Waals surface area contributed by atoms with E-state index in [1.54, 1.807) is 7.05 Å². The maximum Gasteiger partial charge on any atom is 0.257 e. The van der Waals surface area contributed by atoms with Crippen molar-refractivity contribution >= 4 is 28.3 Å². The van der Waals surface area contributed by atoms with Gasteiger partial charge in [0.25, 0.3) is 5.91 Å². The molecule has 1 amide bonds. The summed E-state index contributed by atoms with van der Waals surface area (Å²) in [7, 11) is 1.60. The molecule has 1 aliphatic carbocycles. The number of aromatic nitrogens is 1. The molecule has 4 N–H and O–H groups in total. The van der Waals surface area contributed by atoms with Gasteiger partial charge in [0, 0.05) is 13.6 Å². The summed E-state index contributed by atoms with van der Waals surface area (Å²) in [6, 6.07) is 0. The number of hydrogen-bond donors (Lipinski definition) is 3. The van der Waals surface area contributed by atoms with Crippen molar-refractivity contribution in [3.05, 3.63) is 5.56 Å². The third kappa shape index (κ3) is 2.29. The molecule has 1 saturated carbocycles. The van der Waals surface area contributed by atoms with E-state index >= 15 is 0 Å². The van der Waals surface area contributed by atoms with Crippen molar-refractivity contribution in [2.45, 2.75) is 32.6 Å². The Kier molecular flexibility index (Phi) is 3.75. The van der Waals surface area contributed by atoms with Crippen LogP contribution in [0.25, 0.3) is 0 Å². The number of carbonyl (C=O) groups is 1. The minimum Gasteiger partial charge on any atom is -0.382 e. The number of nitrogens with two attached hydrogens (primary N) is 1. The van der Waals surface area contributed by atoms with Crippen LogP contribution in [0.5, 0.6) is 0 Å².